The number of ether oxygens (including phenoxy) is 3. The fraction of sp³-hybridized carbons (Fsp3) is 0.300. The summed E-state index contributed by atoms with van der Waals surface area (Å²) in [5.41, 5.74) is 0.741. The van der Waals surface area contributed by atoms with Gasteiger partial charge in [-0.05, 0) is 30.3 Å². The molecule has 0 spiro atoms. The highest BCUT2D eigenvalue weighted by Gasteiger charge is 2.16. The number of hydrogen-bond acceptors (Lipinski definition) is 7. The van der Waals surface area contributed by atoms with E-state index in [1.165, 1.54) is 6.20 Å². The Hall–Kier alpha value is -3.13. The highest BCUT2D eigenvalue weighted by molar-refractivity contribution is 6.32. The van der Waals surface area contributed by atoms with Crippen molar-refractivity contribution in [2.24, 2.45) is 0 Å². The molecule has 0 aliphatic carbocycles. The molecule has 8 nitrogen and oxygen atoms in total. The van der Waals surface area contributed by atoms with Gasteiger partial charge in [-0.15, -0.1) is 0 Å². The van der Waals surface area contributed by atoms with Crippen LogP contribution in [-0.2, 0) is 14.3 Å². The number of Topliss-reactive ketones (excluding diaryl/α,β-unsaturated/α-hetero) is 1. The van der Waals surface area contributed by atoms with E-state index in [1.54, 1.807) is 30.3 Å². The average Bonchev–Trinajstić information content (AvgIpc) is 2.97. The third-order valence-electron chi connectivity index (χ3n) is 4.02. The van der Waals surface area contributed by atoms with Crippen molar-refractivity contribution in [2.75, 3.05) is 25.1 Å². The summed E-state index contributed by atoms with van der Waals surface area (Å²) in [5.74, 6) is -0.327. The van der Waals surface area contributed by atoms with Crippen LogP contribution in [0, 0.1) is 0 Å². The number of benzene rings is 1. The van der Waals surface area contributed by atoms with Gasteiger partial charge in [-0.3, -0.25) is 14.4 Å². The number of amides is 1. The zero-order chi connectivity index (χ0) is 20.6. The van der Waals surface area contributed by atoms with Crippen LogP contribution in [0.15, 0.2) is 36.5 Å². The number of fused-ring (bicyclic) bond motifs is 1. The minimum Gasteiger partial charge on any atom is -0.490 e. The van der Waals surface area contributed by atoms with Crippen molar-refractivity contribution in [3.63, 3.8) is 0 Å². The summed E-state index contributed by atoms with van der Waals surface area (Å²) < 4.78 is 16.0. The molecule has 1 N–H and O–H groups in total. The van der Waals surface area contributed by atoms with E-state index in [1.807, 2.05) is 0 Å². The first kappa shape index (κ1) is 20.6. The van der Waals surface area contributed by atoms with Crippen molar-refractivity contribution >= 4 is 34.9 Å². The third kappa shape index (κ3) is 5.92. The zero-order valence-corrected chi connectivity index (χ0v) is 16.2. The number of aromatic nitrogens is 1. The molecule has 0 unspecified atom stereocenters. The lowest BCUT2D eigenvalue weighted by molar-refractivity contribution is -0.147. The van der Waals surface area contributed by atoms with Gasteiger partial charge >= 0.3 is 5.97 Å². The zero-order valence-electron chi connectivity index (χ0n) is 15.5. The average molecular weight is 419 g/mol. The van der Waals surface area contributed by atoms with E-state index in [2.05, 4.69) is 10.3 Å². The lowest BCUT2D eigenvalue weighted by atomic mass is 10.1. The van der Waals surface area contributed by atoms with Gasteiger partial charge < -0.3 is 19.5 Å². The van der Waals surface area contributed by atoms with Crippen molar-refractivity contribution in [3.05, 3.63) is 47.2 Å². The molecule has 9 heteroatoms. The summed E-state index contributed by atoms with van der Waals surface area (Å²) in [6.07, 6.45) is 2.06. The number of carbonyl (C=O) groups excluding carboxylic acids is 3. The Morgan fingerprint density at radius 2 is 1.90 bits per heavy atom. The minimum absolute atomic E-state index is 0.0471. The molecule has 0 saturated carbocycles. The van der Waals surface area contributed by atoms with Crippen molar-refractivity contribution in [1.29, 1.82) is 0 Å². The third-order valence-corrected chi connectivity index (χ3v) is 4.32. The molecule has 2 aromatic rings. The van der Waals surface area contributed by atoms with Crippen LogP contribution in [0.3, 0.4) is 0 Å². The van der Waals surface area contributed by atoms with Crippen LogP contribution in [0.1, 0.15) is 29.6 Å². The van der Waals surface area contributed by atoms with Crippen molar-refractivity contribution in [3.8, 4) is 11.5 Å². The van der Waals surface area contributed by atoms with Gasteiger partial charge in [-0.1, -0.05) is 11.6 Å². The number of esters is 1. The van der Waals surface area contributed by atoms with Crippen LogP contribution in [0.2, 0.25) is 5.15 Å². The van der Waals surface area contributed by atoms with Gasteiger partial charge in [0.25, 0.3) is 5.91 Å². The van der Waals surface area contributed by atoms with Crippen molar-refractivity contribution < 1.29 is 28.6 Å². The minimum atomic E-state index is -0.653. The Labute approximate surface area is 172 Å². The second-order valence-corrected chi connectivity index (χ2v) is 6.54. The smallest absolute Gasteiger partial charge is 0.306 e. The van der Waals surface area contributed by atoms with Crippen LogP contribution >= 0.6 is 11.6 Å². The summed E-state index contributed by atoms with van der Waals surface area (Å²) >= 11 is 5.84. The normalized spacial score (nSPS) is 12.6. The van der Waals surface area contributed by atoms with Crippen LogP contribution < -0.4 is 14.8 Å². The highest BCUT2D eigenvalue weighted by atomic mass is 35.5. The highest BCUT2D eigenvalue weighted by Crippen LogP contribution is 2.30. The van der Waals surface area contributed by atoms with Crippen LogP contribution in [-0.4, -0.2) is 42.5 Å². The summed E-state index contributed by atoms with van der Waals surface area (Å²) in [6, 6.07) is 8.10. The topological polar surface area (TPSA) is 104 Å². The molecule has 0 bridgehead atoms. The molecule has 152 valence electrons. The molecular formula is C20H19ClN2O6. The molecule has 0 radical (unpaired) electrons. The summed E-state index contributed by atoms with van der Waals surface area (Å²) in [7, 11) is 0. The molecule has 0 fully saturated rings. The van der Waals surface area contributed by atoms with Gasteiger partial charge in [0.2, 0.25) is 0 Å². The number of anilines is 1. The number of ketones is 1. The fourth-order valence-corrected chi connectivity index (χ4v) is 2.75. The maximum absolute atomic E-state index is 12.3. The van der Waals surface area contributed by atoms with E-state index in [0.29, 0.717) is 36.0 Å². The quantitative estimate of drug-likeness (QED) is 0.418. The van der Waals surface area contributed by atoms with Crippen LogP contribution in [0.5, 0.6) is 11.5 Å². The second-order valence-electron chi connectivity index (χ2n) is 6.19. The predicted octanol–water partition coefficient (Wildman–Crippen LogP) is 3.04. The summed E-state index contributed by atoms with van der Waals surface area (Å²) in [4.78, 5) is 39.8. The summed E-state index contributed by atoms with van der Waals surface area (Å²) in [5, 5.41) is 2.62. The largest absolute Gasteiger partial charge is 0.490 e. The molecule has 0 atom stereocenters. The van der Waals surface area contributed by atoms with E-state index in [0.717, 1.165) is 6.42 Å². The standard InChI is InChI=1S/C20H19ClN2O6/c21-20-14(3-1-8-22-20)23-18(25)12-29-19(26)7-5-15(24)13-4-6-16-17(11-13)28-10-2-9-27-16/h1,3-4,6,8,11H,2,5,7,9-10,12H2,(H,23,25). The van der Waals surface area contributed by atoms with Crippen molar-refractivity contribution in [2.45, 2.75) is 19.3 Å². The Morgan fingerprint density at radius 1 is 1.10 bits per heavy atom. The predicted molar refractivity (Wildman–Crippen MR) is 104 cm³/mol. The SMILES string of the molecule is O=C(COC(=O)CCC(=O)c1ccc2c(c1)OCCCO2)Nc1cccnc1Cl. The Kier molecular flexibility index (Phi) is 7.02. The van der Waals surface area contributed by atoms with Gasteiger partial charge in [-0.2, -0.15) is 0 Å². The molecule has 1 aromatic heterocycles. The number of halogens is 1. The van der Waals surface area contributed by atoms with Crippen LogP contribution in [0.4, 0.5) is 5.69 Å². The Bertz CT molecular complexity index is 918. The van der Waals surface area contributed by atoms with Gasteiger partial charge in [0.15, 0.2) is 29.0 Å². The van der Waals surface area contributed by atoms with Gasteiger partial charge in [-0.25, -0.2) is 4.98 Å². The molecule has 0 saturated heterocycles. The monoisotopic (exact) mass is 418 g/mol. The lowest BCUT2D eigenvalue weighted by Gasteiger charge is -2.09. The van der Waals surface area contributed by atoms with E-state index in [-0.39, 0.29) is 23.8 Å². The van der Waals surface area contributed by atoms with E-state index in [9.17, 15) is 14.4 Å². The second kappa shape index (κ2) is 9.88. The molecule has 29 heavy (non-hydrogen) atoms. The number of nitrogens with one attached hydrogen (secondary N) is 1. The molecule has 1 aliphatic rings. The van der Waals surface area contributed by atoms with E-state index >= 15 is 0 Å². The maximum Gasteiger partial charge on any atom is 0.306 e. The number of rotatable bonds is 7. The number of nitrogens with zero attached hydrogens (tertiary/aromatic N) is 1. The molecule has 2 heterocycles. The first-order valence-corrected chi connectivity index (χ1v) is 9.39. The Balaban J connectivity index is 1.44. The lowest BCUT2D eigenvalue weighted by Crippen LogP contribution is -2.21. The van der Waals surface area contributed by atoms with Gasteiger partial charge in [0.05, 0.1) is 25.3 Å². The van der Waals surface area contributed by atoms with Gasteiger partial charge in [0.1, 0.15) is 0 Å². The fourth-order valence-electron chi connectivity index (χ4n) is 2.58. The maximum atomic E-state index is 12.3. The molecule has 1 aromatic carbocycles. The Morgan fingerprint density at radius 3 is 2.69 bits per heavy atom. The van der Waals surface area contributed by atoms with Crippen molar-refractivity contribution in [1.82, 2.24) is 4.98 Å². The number of hydrogen-bond donors (Lipinski definition) is 1. The first-order valence-electron chi connectivity index (χ1n) is 9.02. The molecule has 1 aliphatic heterocycles. The van der Waals surface area contributed by atoms with E-state index in [4.69, 9.17) is 25.8 Å². The molecule has 3 rings (SSSR count). The number of pyridine rings is 1. The molecule has 1 amide bonds. The first-order chi connectivity index (χ1) is 14.0. The van der Waals surface area contributed by atoms with Crippen LogP contribution in [0.25, 0.3) is 0 Å². The van der Waals surface area contributed by atoms with Gasteiger partial charge in [0, 0.05) is 24.6 Å². The van der Waals surface area contributed by atoms with E-state index < -0.39 is 18.5 Å². The summed E-state index contributed by atoms with van der Waals surface area (Å²) in [6.45, 7) is 0.595. The molecular weight excluding hydrogens is 400 g/mol. The number of carbonyl (C=O) groups is 3.